The summed E-state index contributed by atoms with van der Waals surface area (Å²) in [5.41, 5.74) is -0.209. The number of carbonyl (C=O) groups is 1. The van der Waals surface area contributed by atoms with E-state index in [4.69, 9.17) is 0 Å². The number of amides is 1. The lowest BCUT2D eigenvalue weighted by molar-refractivity contribution is -0.141. The molecule has 38 heavy (non-hydrogen) atoms. The monoisotopic (exact) mass is 555 g/mol. The van der Waals surface area contributed by atoms with E-state index in [9.17, 15) is 35.2 Å². The molecule has 1 N–H and O–H groups in total. The van der Waals surface area contributed by atoms with Crippen LogP contribution in [0, 0.1) is 11.7 Å². The van der Waals surface area contributed by atoms with Crippen molar-refractivity contribution in [3.8, 4) is 11.3 Å². The number of hydrogen-bond acceptors (Lipinski definition) is 6. The van der Waals surface area contributed by atoms with Gasteiger partial charge < -0.3 is 5.32 Å². The zero-order chi connectivity index (χ0) is 27.7. The zero-order valence-corrected chi connectivity index (χ0v) is 20.7. The smallest absolute Gasteiger partial charge is 0.349 e. The second kappa shape index (κ2) is 10.7. The molecule has 202 valence electrons. The van der Waals surface area contributed by atoms with Crippen molar-refractivity contribution in [2.45, 2.75) is 43.2 Å². The maximum absolute atomic E-state index is 14.4. The van der Waals surface area contributed by atoms with Gasteiger partial charge in [0.05, 0.1) is 22.8 Å². The quantitative estimate of drug-likeness (QED) is 0.465. The molecule has 0 saturated carbocycles. The Bertz CT molecular complexity index is 1400. The Kier molecular flexibility index (Phi) is 7.74. The average Bonchev–Trinajstić information content (AvgIpc) is 2.87. The first-order valence-corrected chi connectivity index (χ1v) is 12.8. The Hall–Kier alpha value is -3.52. The molecule has 0 bridgehead atoms. The van der Waals surface area contributed by atoms with Gasteiger partial charge in [0, 0.05) is 18.3 Å². The van der Waals surface area contributed by atoms with Crippen LogP contribution in [0.15, 0.2) is 59.9 Å². The number of sulfonamides is 1. The molecule has 0 aliphatic carbocycles. The fraction of sp³-hybridized carbons (Fsp3) is 0.333. The van der Waals surface area contributed by atoms with Crippen LogP contribution in [0.4, 0.5) is 22.0 Å². The maximum Gasteiger partial charge on any atom is 0.433 e. The van der Waals surface area contributed by atoms with Gasteiger partial charge in [-0.25, -0.2) is 27.2 Å². The number of aromatic nitrogens is 3. The van der Waals surface area contributed by atoms with E-state index in [1.165, 1.54) is 12.1 Å². The van der Waals surface area contributed by atoms with Crippen molar-refractivity contribution in [2.75, 3.05) is 6.54 Å². The molecule has 1 aliphatic heterocycles. The number of piperidine rings is 1. The molecule has 0 radical (unpaired) electrons. The highest BCUT2D eigenvalue weighted by atomic mass is 32.2. The molecule has 1 saturated heterocycles. The van der Waals surface area contributed by atoms with Gasteiger partial charge >= 0.3 is 6.18 Å². The molecule has 8 nitrogen and oxygen atoms in total. The van der Waals surface area contributed by atoms with Crippen LogP contribution in [0.2, 0.25) is 0 Å². The van der Waals surface area contributed by atoms with Gasteiger partial charge in [-0.2, -0.15) is 17.5 Å². The van der Waals surface area contributed by atoms with Crippen LogP contribution in [0.25, 0.3) is 11.3 Å². The number of nitrogens with zero attached hydrogens (tertiary/aromatic N) is 4. The summed E-state index contributed by atoms with van der Waals surface area (Å²) in [6.45, 7) is 0.861. The topological polar surface area (TPSA) is 105 Å². The second-order valence-corrected chi connectivity index (χ2v) is 10.7. The van der Waals surface area contributed by atoms with Crippen LogP contribution >= 0.6 is 0 Å². The Balaban J connectivity index is 1.52. The van der Waals surface area contributed by atoms with Crippen LogP contribution in [0.1, 0.15) is 24.7 Å². The fourth-order valence-electron chi connectivity index (χ4n) is 4.23. The van der Waals surface area contributed by atoms with Crippen molar-refractivity contribution in [2.24, 2.45) is 5.92 Å². The molecule has 1 fully saturated rings. The van der Waals surface area contributed by atoms with E-state index in [2.05, 4.69) is 20.3 Å². The number of nitrogens with one attached hydrogen (secondary N) is 1. The molecule has 3 heterocycles. The molecule has 2 aromatic heterocycles. The molecular formula is C24H22F5N5O3S. The Morgan fingerprint density at radius 2 is 1.82 bits per heavy atom. The summed E-state index contributed by atoms with van der Waals surface area (Å²) in [5, 5.41) is 2.60. The largest absolute Gasteiger partial charge is 0.433 e. The molecule has 1 aliphatic rings. The van der Waals surface area contributed by atoms with Crippen LogP contribution in [0.5, 0.6) is 0 Å². The van der Waals surface area contributed by atoms with E-state index in [0.717, 1.165) is 47.2 Å². The summed E-state index contributed by atoms with van der Waals surface area (Å²) in [7, 11) is -4.33. The SMILES string of the molecule is CC1CC(F)CN(S(=O)(=O)c2ccc(F)cc2)C1C(=O)NCc1cc(-c2ccc(C(F)(F)F)nc2)ncn1. The Morgan fingerprint density at radius 1 is 1.11 bits per heavy atom. The van der Waals surface area contributed by atoms with E-state index in [-0.39, 0.29) is 23.6 Å². The van der Waals surface area contributed by atoms with E-state index < -0.39 is 58.3 Å². The predicted molar refractivity (Wildman–Crippen MR) is 125 cm³/mol. The van der Waals surface area contributed by atoms with Gasteiger partial charge in [-0.3, -0.25) is 9.78 Å². The van der Waals surface area contributed by atoms with Crippen LogP contribution in [0.3, 0.4) is 0 Å². The van der Waals surface area contributed by atoms with Crippen molar-refractivity contribution >= 4 is 15.9 Å². The van der Waals surface area contributed by atoms with Crippen molar-refractivity contribution in [1.29, 1.82) is 0 Å². The van der Waals surface area contributed by atoms with Gasteiger partial charge in [0.2, 0.25) is 15.9 Å². The lowest BCUT2D eigenvalue weighted by atomic mass is 9.91. The van der Waals surface area contributed by atoms with E-state index in [0.29, 0.717) is 11.3 Å². The first kappa shape index (κ1) is 27.5. The van der Waals surface area contributed by atoms with Gasteiger partial charge in [0.25, 0.3) is 0 Å². The number of alkyl halides is 4. The summed E-state index contributed by atoms with van der Waals surface area (Å²) in [6, 6.07) is 6.24. The number of benzene rings is 1. The molecule has 3 unspecified atom stereocenters. The highest BCUT2D eigenvalue weighted by Crippen LogP contribution is 2.31. The first-order valence-electron chi connectivity index (χ1n) is 11.4. The lowest BCUT2D eigenvalue weighted by Crippen LogP contribution is -2.57. The number of pyridine rings is 1. The molecule has 1 amide bonds. The van der Waals surface area contributed by atoms with Crippen molar-refractivity contribution in [3.05, 3.63) is 72.2 Å². The summed E-state index contributed by atoms with van der Waals surface area (Å²) < 4.78 is 93.3. The first-order chi connectivity index (χ1) is 17.9. The van der Waals surface area contributed by atoms with Gasteiger partial charge in [-0.1, -0.05) is 6.92 Å². The van der Waals surface area contributed by atoms with Crippen molar-refractivity contribution in [1.82, 2.24) is 24.6 Å². The van der Waals surface area contributed by atoms with E-state index in [1.807, 2.05) is 0 Å². The van der Waals surface area contributed by atoms with E-state index in [1.54, 1.807) is 6.92 Å². The van der Waals surface area contributed by atoms with Gasteiger partial charge in [0.1, 0.15) is 30.1 Å². The van der Waals surface area contributed by atoms with Crippen molar-refractivity contribution in [3.63, 3.8) is 0 Å². The van der Waals surface area contributed by atoms with Crippen LogP contribution < -0.4 is 5.32 Å². The summed E-state index contributed by atoms with van der Waals surface area (Å²) in [4.78, 5) is 24.3. The van der Waals surface area contributed by atoms with Crippen LogP contribution in [-0.2, 0) is 27.5 Å². The average molecular weight is 556 g/mol. The van der Waals surface area contributed by atoms with Crippen LogP contribution in [-0.4, -0.2) is 52.3 Å². The number of carbonyl (C=O) groups excluding carboxylic acids is 1. The van der Waals surface area contributed by atoms with E-state index >= 15 is 0 Å². The van der Waals surface area contributed by atoms with Gasteiger partial charge in [0.15, 0.2) is 0 Å². The normalized spacial score (nSPS) is 20.7. The minimum atomic E-state index is -4.59. The standard InChI is InChI=1S/C24H22F5N5O3S/c1-14-8-17(26)12-34(38(36,37)19-5-3-16(25)4-6-19)22(14)23(35)31-11-18-9-20(33-13-32-18)15-2-7-21(30-10-15)24(27,28)29/h2-7,9-10,13-14,17,22H,8,11-12H2,1H3,(H,31,35). The Labute approximate surface area is 215 Å². The van der Waals surface area contributed by atoms with Gasteiger partial charge in [-0.05, 0) is 54.8 Å². The lowest BCUT2D eigenvalue weighted by Gasteiger charge is -2.39. The molecule has 3 aromatic rings. The number of rotatable bonds is 6. The third-order valence-corrected chi connectivity index (χ3v) is 7.92. The summed E-state index contributed by atoms with van der Waals surface area (Å²) in [5.74, 6) is -2.01. The highest BCUT2D eigenvalue weighted by Gasteiger charge is 2.44. The second-order valence-electron chi connectivity index (χ2n) is 8.83. The third-order valence-electron chi connectivity index (χ3n) is 6.06. The maximum atomic E-state index is 14.4. The molecule has 1 aromatic carbocycles. The Morgan fingerprint density at radius 3 is 2.45 bits per heavy atom. The predicted octanol–water partition coefficient (Wildman–Crippen LogP) is 3.75. The summed E-state index contributed by atoms with van der Waals surface area (Å²) in [6.07, 6.45) is -3.94. The molecular weight excluding hydrogens is 533 g/mol. The highest BCUT2D eigenvalue weighted by molar-refractivity contribution is 7.89. The molecule has 14 heteroatoms. The minimum Gasteiger partial charge on any atom is -0.349 e. The van der Waals surface area contributed by atoms with Crippen molar-refractivity contribution < 1.29 is 35.2 Å². The third kappa shape index (κ3) is 5.96. The molecule has 3 atom stereocenters. The fourth-order valence-corrected chi connectivity index (χ4v) is 5.94. The molecule has 0 spiro atoms. The number of halogens is 5. The molecule has 4 rings (SSSR count). The number of hydrogen-bond donors (Lipinski definition) is 1. The van der Waals surface area contributed by atoms with Gasteiger partial charge in [-0.15, -0.1) is 0 Å². The zero-order valence-electron chi connectivity index (χ0n) is 19.9. The minimum absolute atomic E-state index is 0.0356. The summed E-state index contributed by atoms with van der Waals surface area (Å²) >= 11 is 0.